The average molecular weight is 247 g/mol. The van der Waals surface area contributed by atoms with E-state index in [2.05, 4.69) is 13.0 Å². The number of likely N-dealkylation sites (tertiary alicyclic amines) is 1. The summed E-state index contributed by atoms with van der Waals surface area (Å²) >= 11 is 0. The number of hydrogen-bond donors (Lipinski definition) is 0. The van der Waals surface area contributed by atoms with Crippen molar-refractivity contribution < 1.29 is 9.53 Å². The number of carbonyl (C=O) groups excluding carboxylic acids is 1. The lowest BCUT2D eigenvalue weighted by Gasteiger charge is -2.25. The van der Waals surface area contributed by atoms with E-state index in [-0.39, 0.29) is 11.9 Å². The van der Waals surface area contributed by atoms with Gasteiger partial charge in [0, 0.05) is 13.0 Å². The number of methoxy groups -OCH3 is 1. The Morgan fingerprint density at radius 3 is 3.06 bits per heavy atom. The SMILES string of the molecule is CCCC(=O)N1CCC[C@@H]1c1cccc(OC)c1. The Kier molecular flexibility index (Phi) is 4.24. The molecule has 0 unspecified atom stereocenters. The van der Waals surface area contributed by atoms with Gasteiger partial charge >= 0.3 is 0 Å². The van der Waals surface area contributed by atoms with E-state index in [1.54, 1.807) is 7.11 Å². The molecule has 18 heavy (non-hydrogen) atoms. The van der Waals surface area contributed by atoms with Gasteiger partial charge < -0.3 is 9.64 Å². The second kappa shape index (κ2) is 5.89. The lowest BCUT2D eigenvalue weighted by atomic mass is 10.0. The van der Waals surface area contributed by atoms with Crippen molar-refractivity contribution in [2.75, 3.05) is 13.7 Å². The molecular weight excluding hydrogens is 226 g/mol. The molecule has 1 aromatic rings. The van der Waals surface area contributed by atoms with E-state index in [1.807, 2.05) is 23.1 Å². The van der Waals surface area contributed by atoms with Gasteiger partial charge in [0.25, 0.3) is 0 Å². The van der Waals surface area contributed by atoms with Crippen LogP contribution in [0.1, 0.15) is 44.2 Å². The lowest BCUT2D eigenvalue weighted by Crippen LogP contribution is -2.30. The molecule has 1 saturated heterocycles. The van der Waals surface area contributed by atoms with Crippen molar-refractivity contribution in [3.8, 4) is 5.75 Å². The zero-order chi connectivity index (χ0) is 13.0. The highest BCUT2D eigenvalue weighted by Crippen LogP contribution is 2.33. The number of nitrogens with zero attached hydrogens (tertiary/aromatic N) is 1. The summed E-state index contributed by atoms with van der Waals surface area (Å²) in [5.41, 5.74) is 1.19. The number of rotatable bonds is 4. The van der Waals surface area contributed by atoms with Crippen LogP contribution < -0.4 is 4.74 Å². The summed E-state index contributed by atoms with van der Waals surface area (Å²) in [6.07, 6.45) is 3.72. The lowest BCUT2D eigenvalue weighted by molar-refractivity contribution is -0.132. The molecular formula is C15H21NO2. The highest BCUT2D eigenvalue weighted by atomic mass is 16.5. The van der Waals surface area contributed by atoms with E-state index in [4.69, 9.17) is 4.74 Å². The normalized spacial score (nSPS) is 19.0. The van der Waals surface area contributed by atoms with E-state index < -0.39 is 0 Å². The summed E-state index contributed by atoms with van der Waals surface area (Å²) in [4.78, 5) is 14.1. The van der Waals surface area contributed by atoms with Gasteiger partial charge in [0.1, 0.15) is 5.75 Å². The Morgan fingerprint density at radius 2 is 2.33 bits per heavy atom. The van der Waals surface area contributed by atoms with E-state index in [9.17, 15) is 4.79 Å². The first-order chi connectivity index (χ1) is 8.76. The first kappa shape index (κ1) is 12.9. The molecule has 0 N–H and O–H groups in total. The Morgan fingerprint density at radius 1 is 1.50 bits per heavy atom. The van der Waals surface area contributed by atoms with Gasteiger partial charge in [0.15, 0.2) is 0 Å². The summed E-state index contributed by atoms with van der Waals surface area (Å²) in [7, 11) is 1.67. The Hall–Kier alpha value is -1.51. The van der Waals surface area contributed by atoms with Crippen molar-refractivity contribution in [3.63, 3.8) is 0 Å². The van der Waals surface area contributed by atoms with Crippen LogP contribution >= 0.6 is 0 Å². The smallest absolute Gasteiger partial charge is 0.223 e. The van der Waals surface area contributed by atoms with Gasteiger partial charge in [-0.05, 0) is 37.0 Å². The summed E-state index contributed by atoms with van der Waals surface area (Å²) < 4.78 is 5.25. The predicted molar refractivity (Wildman–Crippen MR) is 71.6 cm³/mol. The third-order valence-electron chi connectivity index (χ3n) is 3.52. The van der Waals surface area contributed by atoms with Crippen LogP contribution in [-0.4, -0.2) is 24.5 Å². The van der Waals surface area contributed by atoms with Gasteiger partial charge in [-0.1, -0.05) is 19.1 Å². The average Bonchev–Trinajstić information content (AvgIpc) is 2.88. The standard InChI is InChI=1S/C15H21NO2/c1-3-6-15(17)16-10-5-9-14(16)12-7-4-8-13(11-12)18-2/h4,7-8,11,14H,3,5-6,9-10H2,1-2H3/t14-/m1/s1. The van der Waals surface area contributed by atoms with Crippen LogP contribution in [-0.2, 0) is 4.79 Å². The molecule has 1 heterocycles. The van der Waals surface area contributed by atoms with Crippen LogP contribution in [0.4, 0.5) is 0 Å². The number of benzene rings is 1. The number of amides is 1. The second-order valence-electron chi connectivity index (χ2n) is 4.77. The fourth-order valence-corrected chi connectivity index (χ4v) is 2.62. The maximum Gasteiger partial charge on any atom is 0.223 e. The molecule has 1 amide bonds. The van der Waals surface area contributed by atoms with Crippen molar-refractivity contribution in [1.82, 2.24) is 4.90 Å². The Labute approximate surface area is 109 Å². The monoisotopic (exact) mass is 247 g/mol. The molecule has 0 radical (unpaired) electrons. The molecule has 3 heteroatoms. The molecule has 0 aliphatic carbocycles. The Balaban J connectivity index is 2.17. The molecule has 3 nitrogen and oxygen atoms in total. The fraction of sp³-hybridized carbons (Fsp3) is 0.533. The summed E-state index contributed by atoms with van der Waals surface area (Å²) in [5, 5.41) is 0. The van der Waals surface area contributed by atoms with E-state index >= 15 is 0 Å². The van der Waals surface area contributed by atoms with Gasteiger partial charge in [-0.15, -0.1) is 0 Å². The van der Waals surface area contributed by atoms with Crippen molar-refractivity contribution in [3.05, 3.63) is 29.8 Å². The van der Waals surface area contributed by atoms with Crippen LogP contribution in [0.3, 0.4) is 0 Å². The topological polar surface area (TPSA) is 29.5 Å². The molecule has 98 valence electrons. The maximum absolute atomic E-state index is 12.1. The first-order valence-electron chi connectivity index (χ1n) is 6.69. The quantitative estimate of drug-likeness (QED) is 0.818. The van der Waals surface area contributed by atoms with E-state index in [0.717, 1.165) is 31.6 Å². The van der Waals surface area contributed by atoms with Gasteiger partial charge in [-0.25, -0.2) is 0 Å². The number of carbonyl (C=O) groups is 1. The van der Waals surface area contributed by atoms with Crippen molar-refractivity contribution in [2.45, 2.75) is 38.6 Å². The molecule has 1 fully saturated rings. The third kappa shape index (κ3) is 2.66. The molecule has 0 spiro atoms. The van der Waals surface area contributed by atoms with Crippen LogP contribution in [0.5, 0.6) is 5.75 Å². The minimum atomic E-state index is 0.235. The molecule has 2 rings (SSSR count). The van der Waals surface area contributed by atoms with Crippen LogP contribution in [0.15, 0.2) is 24.3 Å². The molecule has 0 aromatic heterocycles. The van der Waals surface area contributed by atoms with Gasteiger partial charge in [0.2, 0.25) is 5.91 Å². The third-order valence-corrected chi connectivity index (χ3v) is 3.52. The highest BCUT2D eigenvalue weighted by molar-refractivity contribution is 5.77. The van der Waals surface area contributed by atoms with E-state index in [1.165, 1.54) is 5.56 Å². The first-order valence-corrected chi connectivity index (χ1v) is 6.69. The largest absolute Gasteiger partial charge is 0.497 e. The Bertz CT molecular complexity index is 417. The second-order valence-corrected chi connectivity index (χ2v) is 4.77. The molecule has 0 saturated carbocycles. The summed E-state index contributed by atoms with van der Waals surface area (Å²) in [6, 6.07) is 8.30. The van der Waals surface area contributed by atoms with E-state index in [0.29, 0.717) is 6.42 Å². The zero-order valence-corrected chi connectivity index (χ0v) is 11.2. The van der Waals surface area contributed by atoms with Crippen molar-refractivity contribution in [1.29, 1.82) is 0 Å². The summed E-state index contributed by atoms with van der Waals surface area (Å²) in [6.45, 7) is 2.94. The van der Waals surface area contributed by atoms with Gasteiger partial charge in [-0.3, -0.25) is 4.79 Å². The van der Waals surface area contributed by atoms with Crippen LogP contribution in [0.2, 0.25) is 0 Å². The molecule has 1 aliphatic rings. The molecule has 1 aromatic carbocycles. The molecule has 1 aliphatic heterocycles. The number of hydrogen-bond acceptors (Lipinski definition) is 2. The minimum Gasteiger partial charge on any atom is -0.497 e. The fourth-order valence-electron chi connectivity index (χ4n) is 2.62. The predicted octanol–water partition coefficient (Wildman–Crippen LogP) is 3.16. The molecule has 1 atom stereocenters. The van der Waals surface area contributed by atoms with Gasteiger partial charge in [-0.2, -0.15) is 0 Å². The maximum atomic E-state index is 12.1. The van der Waals surface area contributed by atoms with Gasteiger partial charge in [0.05, 0.1) is 13.2 Å². The van der Waals surface area contributed by atoms with Crippen LogP contribution in [0.25, 0.3) is 0 Å². The van der Waals surface area contributed by atoms with Crippen molar-refractivity contribution >= 4 is 5.91 Å². The molecule has 0 bridgehead atoms. The highest BCUT2D eigenvalue weighted by Gasteiger charge is 2.29. The summed E-state index contributed by atoms with van der Waals surface area (Å²) in [5.74, 6) is 1.14. The van der Waals surface area contributed by atoms with Crippen molar-refractivity contribution in [2.24, 2.45) is 0 Å². The zero-order valence-electron chi connectivity index (χ0n) is 11.2. The minimum absolute atomic E-state index is 0.235. The van der Waals surface area contributed by atoms with Crippen LogP contribution in [0, 0.1) is 0 Å². The number of ether oxygens (including phenoxy) is 1.